The van der Waals surface area contributed by atoms with Crippen LogP contribution in [-0.4, -0.2) is 19.1 Å². The van der Waals surface area contributed by atoms with Gasteiger partial charge < -0.3 is 10.1 Å². The molecule has 0 heterocycles. The van der Waals surface area contributed by atoms with Gasteiger partial charge in [0.25, 0.3) is 5.91 Å². The van der Waals surface area contributed by atoms with E-state index >= 15 is 0 Å². The number of hydrogen-bond acceptors (Lipinski definition) is 2. The quantitative estimate of drug-likeness (QED) is 0.924. The van der Waals surface area contributed by atoms with Crippen molar-refractivity contribution in [1.29, 1.82) is 0 Å². The Bertz CT molecular complexity index is 626. The molecule has 0 aliphatic heterocycles. The second-order valence-electron chi connectivity index (χ2n) is 5.89. The third-order valence-electron chi connectivity index (χ3n) is 3.75. The Morgan fingerprint density at radius 3 is 2.50 bits per heavy atom. The van der Waals surface area contributed by atoms with Crippen LogP contribution in [0.2, 0.25) is 0 Å². The zero-order chi connectivity index (χ0) is 16.2. The lowest BCUT2D eigenvalue weighted by atomic mass is 9.79. The van der Waals surface area contributed by atoms with Crippen molar-refractivity contribution >= 4 is 5.91 Å². The number of hydrogen-bond donors (Lipinski definition) is 1. The summed E-state index contributed by atoms with van der Waals surface area (Å²) in [4.78, 5) is 12.4. The predicted molar refractivity (Wildman–Crippen MR) is 89.4 cm³/mol. The van der Waals surface area contributed by atoms with Crippen molar-refractivity contribution in [2.45, 2.75) is 32.2 Å². The number of carbonyl (C=O) groups is 1. The van der Waals surface area contributed by atoms with Crippen LogP contribution in [0.15, 0.2) is 66.0 Å². The molecule has 2 rings (SSSR count). The molecule has 0 saturated carbocycles. The molecule has 1 aromatic rings. The molecule has 0 spiro atoms. The van der Waals surface area contributed by atoms with Gasteiger partial charge in [0, 0.05) is 11.6 Å². The van der Waals surface area contributed by atoms with Crippen LogP contribution in [0, 0.1) is 0 Å². The molecule has 116 valence electrons. The predicted octanol–water partition coefficient (Wildman–Crippen LogP) is 3.50. The van der Waals surface area contributed by atoms with E-state index in [1.54, 1.807) is 7.11 Å². The van der Waals surface area contributed by atoms with Gasteiger partial charge in [-0.25, -0.2) is 0 Å². The number of ether oxygens (including phenoxy) is 1. The van der Waals surface area contributed by atoms with Crippen LogP contribution in [0.3, 0.4) is 0 Å². The van der Waals surface area contributed by atoms with Crippen molar-refractivity contribution in [3.63, 3.8) is 0 Å². The van der Waals surface area contributed by atoms with Gasteiger partial charge in [-0.3, -0.25) is 4.79 Å². The van der Waals surface area contributed by atoms with E-state index in [0.717, 1.165) is 11.3 Å². The lowest BCUT2D eigenvalue weighted by Crippen LogP contribution is -2.32. The Kier molecular flexibility index (Phi) is 4.86. The van der Waals surface area contributed by atoms with E-state index in [4.69, 9.17) is 4.74 Å². The van der Waals surface area contributed by atoms with Gasteiger partial charge in [-0.15, -0.1) is 0 Å². The summed E-state index contributed by atoms with van der Waals surface area (Å²) in [7, 11) is 1.66. The summed E-state index contributed by atoms with van der Waals surface area (Å²) in [5.74, 6) is 0.737. The fourth-order valence-corrected chi connectivity index (χ4v) is 2.62. The first-order chi connectivity index (χ1) is 10.5. The highest BCUT2D eigenvalue weighted by Crippen LogP contribution is 2.36. The van der Waals surface area contributed by atoms with Crippen LogP contribution in [0.4, 0.5) is 0 Å². The van der Waals surface area contributed by atoms with E-state index in [1.165, 1.54) is 0 Å². The molecule has 1 aliphatic carbocycles. The van der Waals surface area contributed by atoms with Gasteiger partial charge in [0.15, 0.2) is 0 Å². The highest BCUT2D eigenvalue weighted by molar-refractivity contribution is 5.97. The number of nitrogens with one attached hydrogen (secondary N) is 1. The van der Waals surface area contributed by atoms with Crippen LogP contribution >= 0.6 is 0 Å². The van der Waals surface area contributed by atoms with Crippen molar-refractivity contribution in [1.82, 2.24) is 5.32 Å². The standard InChI is InChI=1S/C19H23NO2/c1-14(2)20-18(21)15-9-8-12-17(22-4)19(3,13-15)16-10-6-5-7-11-16/h5-14H,1-4H3,(H,20,21)/t19-/m1/s1. The first-order valence-corrected chi connectivity index (χ1v) is 7.49. The molecule has 3 heteroatoms. The van der Waals surface area contributed by atoms with Crippen molar-refractivity contribution in [3.8, 4) is 0 Å². The molecule has 0 bridgehead atoms. The second-order valence-corrected chi connectivity index (χ2v) is 5.89. The maximum absolute atomic E-state index is 12.4. The fraction of sp³-hybridized carbons (Fsp3) is 0.316. The van der Waals surface area contributed by atoms with Crippen LogP contribution in [0.1, 0.15) is 26.3 Å². The molecule has 1 aromatic carbocycles. The minimum Gasteiger partial charge on any atom is -0.500 e. The largest absolute Gasteiger partial charge is 0.500 e. The van der Waals surface area contributed by atoms with Gasteiger partial charge in [-0.1, -0.05) is 42.5 Å². The Morgan fingerprint density at radius 1 is 1.23 bits per heavy atom. The van der Waals surface area contributed by atoms with Gasteiger partial charge in [0.2, 0.25) is 0 Å². The second kappa shape index (κ2) is 6.65. The molecular formula is C19H23NO2. The lowest BCUT2D eigenvalue weighted by Gasteiger charge is -2.29. The number of rotatable bonds is 4. The monoisotopic (exact) mass is 297 g/mol. The molecule has 0 unspecified atom stereocenters. The normalized spacial score (nSPS) is 21.0. The van der Waals surface area contributed by atoms with E-state index in [9.17, 15) is 4.79 Å². The van der Waals surface area contributed by atoms with Crippen molar-refractivity contribution in [2.24, 2.45) is 0 Å². The number of amides is 1. The SMILES string of the molecule is COC1=CC=CC(C(=O)NC(C)C)=C[C@]1(C)c1ccccc1. The van der Waals surface area contributed by atoms with Crippen molar-refractivity contribution in [3.05, 3.63) is 71.5 Å². The molecule has 0 aromatic heterocycles. The van der Waals surface area contributed by atoms with Gasteiger partial charge in [-0.05, 0) is 38.5 Å². The van der Waals surface area contributed by atoms with Gasteiger partial charge in [-0.2, -0.15) is 0 Å². The molecule has 22 heavy (non-hydrogen) atoms. The summed E-state index contributed by atoms with van der Waals surface area (Å²) < 4.78 is 5.58. The molecular weight excluding hydrogens is 274 g/mol. The first kappa shape index (κ1) is 16.1. The zero-order valence-corrected chi connectivity index (χ0v) is 13.6. The molecule has 0 saturated heterocycles. The summed E-state index contributed by atoms with van der Waals surface area (Å²) >= 11 is 0. The van der Waals surface area contributed by atoms with Crippen molar-refractivity contribution < 1.29 is 9.53 Å². The average Bonchev–Trinajstić information content (AvgIpc) is 2.67. The summed E-state index contributed by atoms with van der Waals surface area (Å²) in [6.07, 6.45) is 7.57. The number of benzene rings is 1. The lowest BCUT2D eigenvalue weighted by molar-refractivity contribution is -0.117. The highest BCUT2D eigenvalue weighted by Gasteiger charge is 2.32. The number of allylic oxidation sites excluding steroid dienone is 3. The van der Waals surface area contributed by atoms with Crippen LogP contribution in [-0.2, 0) is 14.9 Å². The van der Waals surface area contributed by atoms with Gasteiger partial charge in [0.05, 0.1) is 12.5 Å². The molecule has 0 radical (unpaired) electrons. The fourth-order valence-electron chi connectivity index (χ4n) is 2.62. The Balaban J connectivity index is 2.49. The topological polar surface area (TPSA) is 38.3 Å². The van der Waals surface area contributed by atoms with Crippen LogP contribution in [0.5, 0.6) is 0 Å². The Hall–Kier alpha value is -2.29. The number of methoxy groups -OCH3 is 1. The van der Waals surface area contributed by atoms with Crippen LogP contribution in [0.25, 0.3) is 0 Å². The zero-order valence-electron chi connectivity index (χ0n) is 13.6. The van der Waals surface area contributed by atoms with E-state index in [1.807, 2.05) is 68.5 Å². The van der Waals surface area contributed by atoms with Gasteiger partial charge >= 0.3 is 0 Å². The maximum Gasteiger partial charge on any atom is 0.251 e. The summed E-state index contributed by atoms with van der Waals surface area (Å²) in [5, 5.41) is 2.94. The molecule has 1 amide bonds. The van der Waals surface area contributed by atoms with Gasteiger partial charge in [0.1, 0.15) is 5.76 Å². The molecule has 1 aliphatic rings. The van der Waals surface area contributed by atoms with Crippen LogP contribution < -0.4 is 5.32 Å². The maximum atomic E-state index is 12.4. The third-order valence-corrected chi connectivity index (χ3v) is 3.75. The third kappa shape index (κ3) is 3.30. The Morgan fingerprint density at radius 2 is 1.91 bits per heavy atom. The number of carbonyl (C=O) groups excluding carboxylic acids is 1. The summed E-state index contributed by atoms with van der Waals surface area (Å²) in [6, 6.07) is 10.2. The van der Waals surface area contributed by atoms with E-state index in [0.29, 0.717) is 5.57 Å². The molecule has 1 atom stereocenters. The molecule has 3 nitrogen and oxygen atoms in total. The van der Waals surface area contributed by atoms with E-state index in [2.05, 4.69) is 12.2 Å². The smallest absolute Gasteiger partial charge is 0.251 e. The first-order valence-electron chi connectivity index (χ1n) is 7.49. The van der Waals surface area contributed by atoms with E-state index < -0.39 is 5.41 Å². The molecule has 1 N–H and O–H groups in total. The van der Waals surface area contributed by atoms with E-state index in [-0.39, 0.29) is 11.9 Å². The summed E-state index contributed by atoms with van der Waals surface area (Å²) in [5.41, 5.74) is 1.24. The minimum atomic E-state index is -0.483. The molecule has 0 fully saturated rings. The minimum absolute atomic E-state index is 0.0702. The summed E-state index contributed by atoms with van der Waals surface area (Å²) in [6.45, 7) is 5.97. The Labute approximate surface area is 132 Å². The van der Waals surface area contributed by atoms with Crippen molar-refractivity contribution in [2.75, 3.05) is 7.11 Å². The highest BCUT2D eigenvalue weighted by atomic mass is 16.5. The average molecular weight is 297 g/mol.